The van der Waals surface area contributed by atoms with Crippen LogP contribution in [-0.2, 0) is 12.0 Å². The van der Waals surface area contributed by atoms with Crippen LogP contribution in [0.5, 0.6) is 0 Å². The Morgan fingerprint density at radius 3 is 1.85 bits per heavy atom. The van der Waals surface area contributed by atoms with Gasteiger partial charge in [-0.3, -0.25) is 9.69 Å². The highest BCUT2D eigenvalue weighted by atomic mass is 16.1. The summed E-state index contributed by atoms with van der Waals surface area (Å²) < 4.78 is 0. The van der Waals surface area contributed by atoms with Gasteiger partial charge in [-0.1, -0.05) is 91.0 Å². The molecular weight excluding hydrogens is 330 g/mol. The molecule has 3 aromatic carbocycles. The lowest BCUT2D eigenvalue weighted by molar-refractivity contribution is 0.0763. The molecule has 0 saturated carbocycles. The number of hydrogen-bond acceptors (Lipinski definition) is 2. The lowest BCUT2D eigenvalue weighted by Gasteiger charge is -2.41. The average molecular weight is 355 g/mol. The van der Waals surface area contributed by atoms with Crippen LogP contribution in [0.3, 0.4) is 0 Å². The standard InChI is InChI=1S/C25H25NO/c27-24(22-12-6-2-7-13-22)25(23-14-8-3-9-15-23)16-18-26(19-17-25)20-21-10-4-1-5-11-21/h1-15H,16-20H2. The lowest BCUT2D eigenvalue weighted by atomic mass is 9.68. The normalized spacial score (nSPS) is 16.7. The van der Waals surface area contributed by atoms with E-state index >= 15 is 0 Å². The van der Waals surface area contributed by atoms with Crippen LogP contribution < -0.4 is 0 Å². The van der Waals surface area contributed by atoms with Crippen LogP contribution in [0.1, 0.15) is 34.3 Å². The molecule has 0 N–H and O–H groups in total. The van der Waals surface area contributed by atoms with Gasteiger partial charge in [0, 0.05) is 12.1 Å². The molecule has 1 aliphatic rings. The van der Waals surface area contributed by atoms with Gasteiger partial charge in [0.2, 0.25) is 0 Å². The Morgan fingerprint density at radius 1 is 0.741 bits per heavy atom. The highest BCUT2D eigenvalue weighted by molar-refractivity contribution is 6.04. The van der Waals surface area contributed by atoms with Gasteiger partial charge in [0.1, 0.15) is 0 Å². The van der Waals surface area contributed by atoms with Gasteiger partial charge in [-0.15, -0.1) is 0 Å². The number of carbonyl (C=O) groups excluding carboxylic acids is 1. The second-order valence-electron chi connectivity index (χ2n) is 7.41. The predicted octanol–water partition coefficient (Wildman–Crippen LogP) is 5.10. The van der Waals surface area contributed by atoms with Crippen molar-refractivity contribution in [1.29, 1.82) is 0 Å². The maximum Gasteiger partial charge on any atom is 0.173 e. The van der Waals surface area contributed by atoms with Gasteiger partial charge in [0.15, 0.2) is 5.78 Å². The Balaban J connectivity index is 1.59. The molecule has 0 unspecified atom stereocenters. The van der Waals surface area contributed by atoms with Gasteiger partial charge >= 0.3 is 0 Å². The first-order valence-corrected chi connectivity index (χ1v) is 9.70. The lowest BCUT2D eigenvalue weighted by Crippen LogP contribution is -2.47. The molecule has 3 aromatic rings. The minimum Gasteiger partial charge on any atom is -0.299 e. The fourth-order valence-electron chi connectivity index (χ4n) is 4.20. The fourth-order valence-corrected chi connectivity index (χ4v) is 4.20. The first kappa shape index (κ1) is 17.7. The zero-order valence-corrected chi connectivity index (χ0v) is 15.6. The zero-order valence-electron chi connectivity index (χ0n) is 15.6. The van der Waals surface area contributed by atoms with Crippen LogP contribution in [-0.4, -0.2) is 23.8 Å². The number of hydrogen-bond donors (Lipinski definition) is 0. The van der Waals surface area contributed by atoms with Crippen molar-refractivity contribution >= 4 is 5.78 Å². The monoisotopic (exact) mass is 355 g/mol. The number of carbonyl (C=O) groups is 1. The number of Topliss-reactive ketones (excluding diaryl/α,β-unsaturated/α-hetero) is 1. The number of rotatable bonds is 5. The minimum absolute atomic E-state index is 0.258. The summed E-state index contributed by atoms with van der Waals surface area (Å²) in [6.07, 6.45) is 1.72. The fraction of sp³-hybridized carbons (Fsp3) is 0.240. The molecular formula is C25H25NO. The van der Waals surface area contributed by atoms with Gasteiger partial charge in [0.25, 0.3) is 0 Å². The molecule has 1 heterocycles. The second-order valence-corrected chi connectivity index (χ2v) is 7.41. The summed E-state index contributed by atoms with van der Waals surface area (Å²) in [5.74, 6) is 0.258. The molecule has 0 aromatic heterocycles. The number of nitrogens with zero attached hydrogens (tertiary/aromatic N) is 1. The van der Waals surface area contributed by atoms with E-state index in [1.807, 2.05) is 48.5 Å². The molecule has 0 radical (unpaired) electrons. The first-order chi connectivity index (χ1) is 13.3. The van der Waals surface area contributed by atoms with E-state index in [0.717, 1.165) is 43.6 Å². The van der Waals surface area contributed by atoms with E-state index < -0.39 is 5.41 Å². The summed E-state index contributed by atoms with van der Waals surface area (Å²) in [7, 11) is 0. The van der Waals surface area contributed by atoms with Crippen molar-refractivity contribution in [3.8, 4) is 0 Å². The van der Waals surface area contributed by atoms with E-state index in [1.165, 1.54) is 5.56 Å². The van der Waals surface area contributed by atoms with Crippen LogP contribution in [0.2, 0.25) is 0 Å². The van der Waals surface area contributed by atoms with Crippen LogP contribution >= 0.6 is 0 Å². The van der Waals surface area contributed by atoms with Gasteiger partial charge in [0.05, 0.1) is 5.41 Å². The van der Waals surface area contributed by atoms with E-state index in [-0.39, 0.29) is 5.78 Å². The zero-order chi connectivity index (χ0) is 18.5. The Morgan fingerprint density at radius 2 is 1.26 bits per heavy atom. The summed E-state index contributed by atoms with van der Waals surface area (Å²) in [6.45, 7) is 2.82. The van der Waals surface area contributed by atoms with Gasteiger partial charge in [-0.2, -0.15) is 0 Å². The third-order valence-corrected chi connectivity index (χ3v) is 5.76. The van der Waals surface area contributed by atoms with Crippen molar-refractivity contribution in [2.24, 2.45) is 0 Å². The maximum absolute atomic E-state index is 13.6. The smallest absolute Gasteiger partial charge is 0.173 e. The Bertz CT molecular complexity index is 866. The van der Waals surface area contributed by atoms with Gasteiger partial charge in [-0.05, 0) is 37.1 Å². The molecule has 2 nitrogen and oxygen atoms in total. The summed E-state index contributed by atoms with van der Waals surface area (Å²) in [6, 6.07) is 30.7. The number of benzene rings is 3. The van der Waals surface area contributed by atoms with Crippen molar-refractivity contribution in [2.75, 3.05) is 13.1 Å². The summed E-state index contributed by atoms with van der Waals surface area (Å²) in [5.41, 5.74) is 2.88. The van der Waals surface area contributed by atoms with Crippen molar-refractivity contribution in [2.45, 2.75) is 24.8 Å². The largest absolute Gasteiger partial charge is 0.299 e. The molecule has 1 fully saturated rings. The van der Waals surface area contributed by atoms with Crippen LogP contribution in [0.15, 0.2) is 91.0 Å². The summed E-state index contributed by atoms with van der Waals surface area (Å²) in [5, 5.41) is 0. The highest BCUT2D eigenvalue weighted by Gasteiger charge is 2.42. The van der Waals surface area contributed by atoms with Crippen molar-refractivity contribution in [1.82, 2.24) is 4.90 Å². The molecule has 27 heavy (non-hydrogen) atoms. The number of piperidine rings is 1. The molecule has 0 atom stereocenters. The molecule has 1 aliphatic heterocycles. The Hall–Kier alpha value is -2.71. The third kappa shape index (κ3) is 3.72. The predicted molar refractivity (Wildman–Crippen MR) is 110 cm³/mol. The molecule has 4 rings (SSSR count). The van der Waals surface area contributed by atoms with Crippen LogP contribution in [0.25, 0.3) is 0 Å². The highest BCUT2D eigenvalue weighted by Crippen LogP contribution is 2.39. The van der Waals surface area contributed by atoms with E-state index in [9.17, 15) is 4.79 Å². The van der Waals surface area contributed by atoms with Gasteiger partial charge in [-0.25, -0.2) is 0 Å². The average Bonchev–Trinajstić information content (AvgIpc) is 2.76. The van der Waals surface area contributed by atoms with Crippen LogP contribution in [0, 0.1) is 0 Å². The quantitative estimate of drug-likeness (QED) is 0.593. The van der Waals surface area contributed by atoms with Crippen LogP contribution in [0.4, 0.5) is 0 Å². The van der Waals surface area contributed by atoms with E-state index in [4.69, 9.17) is 0 Å². The Labute approximate surface area is 161 Å². The molecule has 0 bridgehead atoms. The minimum atomic E-state index is -0.421. The SMILES string of the molecule is O=C(c1ccccc1)C1(c2ccccc2)CCN(Cc2ccccc2)CC1. The van der Waals surface area contributed by atoms with E-state index in [2.05, 4.69) is 47.4 Å². The molecule has 0 aliphatic carbocycles. The third-order valence-electron chi connectivity index (χ3n) is 5.76. The summed E-state index contributed by atoms with van der Waals surface area (Å²) in [4.78, 5) is 16.0. The summed E-state index contributed by atoms with van der Waals surface area (Å²) >= 11 is 0. The molecule has 136 valence electrons. The topological polar surface area (TPSA) is 20.3 Å². The molecule has 2 heteroatoms. The Kier molecular flexibility index (Phi) is 5.17. The van der Waals surface area contributed by atoms with E-state index in [0.29, 0.717) is 0 Å². The molecule has 0 spiro atoms. The van der Waals surface area contributed by atoms with Gasteiger partial charge < -0.3 is 0 Å². The first-order valence-electron chi connectivity index (χ1n) is 9.70. The number of likely N-dealkylation sites (tertiary alicyclic amines) is 1. The number of ketones is 1. The second kappa shape index (κ2) is 7.89. The molecule has 1 saturated heterocycles. The van der Waals surface area contributed by atoms with Crippen molar-refractivity contribution in [3.63, 3.8) is 0 Å². The van der Waals surface area contributed by atoms with Crippen molar-refractivity contribution < 1.29 is 4.79 Å². The van der Waals surface area contributed by atoms with E-state index in [1.54, 1.807) is 0 Å². The van der Waals surface area contributed by atoms with Crippen molar-refractivity contribution in [3.05, 3.63) is 108 Å². The molecule has 0 amide bonds. The maximum atomic E-state index is 13.6.